The summed E-state index contributed by atoms with van der Waals surface area (Å²) < 4.78 is 13.1. The first-order chi connectivity index (χ1) is 11.0. The van der Waals surface area contributed by atoms with Crippen molar-refractivity contribution in [3.63, 3.8) is 0 Å². The number of rotatable bonds is 8. The highest BCUT2D eigenvalue weighted by Gasteiger charge is 2.04. The summed E-state index contributed by atoms with van der Waals surface area (Å²) in [5, 5.41) is 6.36. The summed E-state index contributed by atoms with van der Waals surface area (Å²) >= 11 is 1.73. The van der Waals surface area contributed by atoms with Crippen LogP contribution in [0.4, 0.5) is 4.39 Å². The number of halogens is 2. The monoisotopic (exact) mass is 468 g/mol. The average molecular weight is 468 g/mol. The zero-order chi connectivity index (χ0) is 17.1. The molecule has 0 aliphatic heterocycles. The summed E-state index contributed by atoms with van der Waals surface area (Å²) in [6, 6.07) is 6.54. The highest BCUT2D eigenvalue weighted by atomic mass is 127. The highest BCUT2D eigenvalue weighted by molar-refractivity contribution is 14.0. The number of nitrogens with one attached hydrogen (secondary N) is 2. The Hall–Kier alpha value is -1.03. The van der Waals surface area contributed by atoms with Crippen LogP contribution in [-0.4, -0.2) is 62.5 Å². The van der Waals surface area contributed by atoms with Crippen LogP contribution >= 0.6 is 35.7 Å². The van der Waals surface area contributed by atoms with Crippen LogP contribution in [0.3, 0.4) is 0 Å². The predicted molar refractivity (Wildman–Crippen MR) is 111 cm³/mol. The SMILES string of the molecule is CSCCNC(=NCC(=O)N(C)C)NCCc1cccc(F)c1.I. The summed E-state index contributed by atoms with van der Waals surface area (Å²) in [6.07, 6.45) is 2.72. The van der Waals surface area contributed by atoms with Crippen molar-refractivity contribution in [2.24, 2.45) is 4.99 Å². The Morgan fingerprint density at radius 2 is 2.00 bits per heavy atom. The number of amides is 1. The minimum atomic E-state index is -0.230. The van der Waals surface area contributed by atoms with E-state index in [0.717, 1.165) is 17.9 Å². The number of hydrogen-bond donors (Lipinski definition) is 2. The number of guanidine groups is 1. The molecule has 0 bridgehead atoms. The van der Waals surface area contributed by atoms with Crippen LogP contribution in [-0.2, 0) is 11.2 Å². The second kappa shape index (κ2) is 13.3. The third kappa shape index (κ3) is 9.96. The van der Waals surface area contributed by atoms with Crippen molar-refractivity contribution in [3.05, 3.63) is 35.6 Å². The number of thioether (sulfide) groups is 1. The maximum atomic E-state index is 13.1. The van der Waals surface area contributed by atoms with E-state index in [1.807, 2.05) is 12.3 Å². The second-order valence-corrected chi connectivity index (χ2v) is 6.16. The standard InChI is InChI=1S/C16H25FN4OS.HI/c1-21(2)15(22)12-20-16(19-9-10-23-3)18-8-7-13-5-4-6-14(17)11-13;/h4-6,11H,7-10,12H2,1-3H3,(H2,18,19,20);1H. The number of hydrogen-bond acceptors (Lipinski definition) is 3. The summed E-state index contributed by atoms with van der Waals surface area (Å²) in [4.78, 5) is 17.4. The van der Waals surface area contributed by atoms with Gasteiger partial charge >= 0.3 is 0 Å². The largest absolute Gasteiger partial charge is 0.356 e. The van der Waals surface area contributed by atoms with Gasteiger partial charge in [-0.3, -0.25) is 4.79 Å². The number of nitrogens with zero attached hydrogens (tertiary/aromatic N) is 2. The first-order valence-electron chi connectivity index (χ1n) is 7.48. The lowest BCUT2D eigenvalue weighted by Gasteiger charge is -2.13. The van der Waals surface area contributed by atoms with Gasteiger partial charge in [0.1, 0.15) is 12.4 Å². The summed E-state index contributed by atoms with van der Waals surface area (Å²) in [5.74, 6) is 1.27. The molecule has 0 aliphatic carbocycles. The van der Waals surface area contributed by atoms with Crippen LogP contribution in [0.2, 0.25) is 0 Å². The number of benzene rings is 1. The Bertz CT molecular complexity index is 529. The van der Waals surface area contributed by atoms with E-state index in [0.29, 0.717) is 18.9 Å². The molecule has 0 heterocycles. The molecule has 2 N–H and O–H groups in total. The molecule has 0 atom stereocenters. The lowest BCUT2D eigenvalue weighted by Crippen LogP contribution is -2.40. The zero-order valence-electron chi connectivity index (χ0n) is 14.3. The molecule has 5 nitrogen and oxygen atoms in total. The summed E-state index contributed by atoms with van der Waals surface area (Å²) in [5.41, 5.74) is 0.922. The van der Waals surface area contributed by atoms with Crippen molar-refractivity contribution in [3.8, 4) is 0 Å². The van der Waals surface area contributed by atoms with Gasteiger partial charge in [0.25, 0.3) is 0 Å². The smallest absolute Gasteiger partial charge is 0.243 e. The Labute approximate surface area is 164 Å². The molecule has 0 unspecified atom stereocenters. The number of carbonyl (C=O) groups is 1. The Morgan fingerprint density at radius 3 is 2.62 bits per heavy atom. The van der Waals surface area contributed by atoms with E-state index in [2.05, 4.69) is 15.6 Å². The number of aliphatic imine (C=N–C) groups is 1. The Morgan fingerprint density at radius 1 is 1.29 bits per heavy atom. The molecule has 0 fully saturated rings. The fraction of sp³-hybridized carbons (Fsp3) is 0.500. The number of carbonyl (C=O) groups excluding carboxylic acids is 1. The summed E-state index contributed by atoms with van der Waals surface area (Å²) in [7, 11) is 3.41. The maximum absolute atomic E-state index is 13.1. The minimum Gasteiger partial charge on any atom is -0.356 e. The van der Waals surface area contributed by atoms with Gasteiger partial charge in [-0.25, -0.2) is 9.38 Å². The van der Waals surface area contributed by atoms with E-state index >= 15 is 0 Å². The van der Waals surface area contributed by atoms with Crippen molar-refractivity contribution in [2.45, 2.75) is 6.42 Å². The van der Waals surface area contributed by atoms with Gasteiger partial charge in [0.2, 0.25) is 5.91 Å². The molecule has 1 aromatic carbocycles. The quantitative estimate of drug-likeness (QED) is 0.265. The molecule has 0 aromatic heterocycles. The van der Waals surface area contributed by atoms with Crippen LogP contribution in [0, 0.1) is 5.82 Å². The van der Waals surface area contributed by atoms with Gasteiger partial charge in [0.05, 0.1) is 0 Å². The molecular weight excluding hydrogens is 442 g/mol. The molecule has 8 heteroatoms. The van der Waals surface area contributed by atoms with Crippen LogP contribution in [0.1, 0.15) is 5.56 Å². The van der Waals surface area contributed by atoms with E-state index in [9.17, 15) is 9.18 Å². The lowest BCUT2D eigenvalue weighted by molar-refractivity contribution is -0.127. The van der Waals surface area contributed by atoms with Gasteiger partial charge in [-0.05, 0) is 30.4 Å². The van der Waals surface area contributed by atoms with E-state index in [1.165, 1.54) is 17.0 Å². The van der Waals surface area contributed by atoms with Crippen LogP contribution in [0.15, 0.2) is 29.3 Å². The predicted octanol–water partition coefficient (Wildman–Crippen LogP) is 1.97. The van der Waals surface area contributed by atoms with Crippen molar-refractivity contribution in [1.29, 1.82) is 0 Å². The summed E-state index contributed by atoms with van der Waals surface area (Å²) in [6.45, 7) is 1.48. The average Bonchev–Trinajstić information content (AvgIpc) is 2.51. The van der Waals surface area contributed by atoms with Crippen LogP contribution < -0.4 is 10.6 Å². The highest BCUT2D eigenvalue weighted by Crippen LogP contribution is 2.03. The molecule has 0 radical (unpaired) electrons. The van der Waals surface area contributed by atoms with E-state index in [-0.39, 0.29) is 42.2 Å². The molecule has 1 amide bonds. The Balaban J connectivity index is 0.00000529. The van der Waals surface area contributed by atoms with Gasteiger partial charge < -0.3 is 15.5 Å². The van der Waals surface area contributed by atoms with Crippen molar-refractivity contribution in [2.75, 3.05) is 45.7 Å². The van der Waals surface area contributed by atoms with Gasteiger partial charge in [-0.1, -0.05) is 12.1 Å². The fourth-order valence-corrected chi connectivity index (χ4v) is 2.06. The molecule has 24 heavy (non-hydrogen) atoms. The molecule has 0 saturated heterocycles. The number of likely N-dealkylation sites (N-methyl/N-ethyl adjacent to an activating group) is 1. The van der Waals surface area contributed by atoms with Gasteiger partial charge in [-0.2, -0.15) is 11.8 Å². The molecule has 1 rings (SSSR count). The molecular formula is C16H26FIN4OS. The maximum Gasteiger partial charge on any atom is 0.243 e. The molecule has 1 aromatic rings. The first-order valence-corrected chi connectivity index (χ1v) is 8.88. The third-order valence-corrected chi connectivity index (χ3v) is 3.68. The topological polar surface area (TPSA) is 56.7 Å². The van der Waals surface area contributed by atoms with E-state index < -0.39 is 0 Å². The fourth-order valence-electron chi connectivity index (χ4n) is 1.75. The second-order valence-electron chi connectivity index (χ2n) is 5.18. The first kappa shape index (κ1) is 23.0. The lowest BCUT2D eigenvalue weighted by atomic mass is 10.1. The van der Waals surface area contributed by atoms with E-state index in [4.69, 9.17) is 0 Å². The van der Waals surface area contributed by atoms with Gasteiger partial charge in [-0.15, -0.1) is 24.0 Å². The van der Waals surface area contributed by atoms with E-state index in [1.54, 1.807) is 31.9 Å². The third-order valence-electron chi connectivity index (χ3n) is 3.07. The Kier molecular flexibility index (Phi) is 12.7. The van der Waals surface area contributed by atoms with Crippen molar-refractivity contribution >= 4 is 47.6 Å². The van der Waals surface area contributed by atoms with Gasteiger partial charge in [0, 0.05) is 32.9 Å². The molecule has 0 aliphatic rings. The van der Waals surface area contributed by atoms with Crippen LogP contribution in [0.5, 0.6) is 0 Å². The minimum absolute atomic E-state index is 0. The van der Waals surface area contributed by atoms with Crippen LogP contribution in [0.25, 0.3) is 0 Å². The van der Waals surface area contributed by atoms with Crippen molar-refractivity contribution < 1.29 is 9.18 Å². The molecule has 0 spiro atoms. The zero-order valence-corrected chi connectivity index (χ0v) is 17.5. The van der Waals surface area contributed by atoms with Crippen molar-refractivity contribution in [1.82, 2.24) is 15.5 Å². The molecule has 136 valence electrons. The normalized spacial score (nSPS) is 10.8. The molecule has 0 saturated carbocycles. The van der Waals surface area contributed by atoms with Gasteiger partial charge in [0.15, 0.2) is 5.96 Å².